The zero-order valence-corrected chi connectivity index (χ0v) is 16.5. The number of anilines is 1. The van der Waals surface area contributed by atoms with Crippen molar-refractivity contribution in [2.24, 2.45) is 5.92 Å². The van der Waals surface area contributed by atoms with E-state index in [9.17, 15) is 14.4 Å². The molecule has 0 spiro atoms. The van der Waals surface area contributed by atoms with Crippen LogP contribution in [0.4, 0.5) is 5.69 Å². The Labute approximate surface area is 174 Å². The molecule has 4 rings (SSSR count). The van der Waals surface area contributed by atoms with Crippen molar-refractivity contribution in [2.75, 3.05) is 25.0 Å². The van der Waals surface area contributed by atoms with Crippen LogP contribution in [0, 0.1) is 5.92 Å². The van der Waals surface area contributed by atoms with E-state index in [-0.39, 0.29) is 24.3 Å². The van der Waals surface area contributed by atoms with Gasteiger partial charge in [-0.25, -0.2) is 4.79 Å². The zero-order valence-electron chi connectivity index (χ0n) is 16.5. The van der Waals surface area contributed by atoms with Crippen molar-refractivity contribution in [1.29, 1.82) is 0 Å². The Morgan fingerprint density at radius 2 is 1.70 bits per heavy atom. The summed E-state index contributed by atoms with van der Waals surface area (Å²) >= 11 is 0. The van der Waals surface area contributed by atoms with Crippen molar-refractivity contribution in [1.82, 2.24) is 9.88 Å². The number of fused-ring (bicyclic) bond motifs is 1. The van der Waals surface area contributed by atoms with E-state index in [0.717, 1.165) is 16.6 Å². The highest BCUT2D eigenvalue weighted by molar-refractivity contribution is 6.04. The second-order valence-electron chi connectivity index (χ2n) is 7.33. The number of carbonyl (C=O) groups excluding carboxylic acids is 3. The number of nitrogens with one attached hydrogen (secondary N) is 2. The molecule has 3 aromatic rings. The summed E-state index contributed by atoms with van der Waals surface area (Å²) in [4.78, 5) is 41.9. The van der Waals surface area contributed by atoms with Gasteiger partial charge in [-0.1, -0.05) is 36.4 Å². The lowest BCUT2D eigenvalue weighted by atomic mass is 9.95. The van der Waals surface area contributed by atoms with Gasteiger partial charge in [0, 0.05) is 41.8 Å². The van der Waals surface area contributed by atoms with E-state index in [4.69, 9.17) is 4.74 Å². The molecule has 0 saturated carbocycles. The summed E-state index contributed by atoms with van der Waals surface area (Å²) in [5, 5.41) is 3.68. The number of H-pyrrole nitrogens is 1. The monoisotopic (exact) mass is 405 g/mol. The number of esters is 1. The molecule has 1 fully saturated rings. The summed E-state index contributed by atoms with van der Waals surface area (Å²) in [6.45, 7) is 0.631. The number of rotatable bonds is 5. The lowest BCUT2D eigenvalue weighted by Gasteiger charge is -2.31. The van der Waals surface area contributed by atoms with Gasteiger partial charge < -0.3 is 19.9 Å². The molecular weight excluding hydrogens is 382 g/mol. The predicted molar refractivity (Wildman–Crippen MR) is 113 cm³/mol. The number of hydrogen-bond donors (Lipinski definition) is 2. The van der Waals surface area contributed by atoms with E-state index in [1.54, 1.807) is 11.1 Å². The topological polar surface area (TPSA) is 91.5 Å². The number of aromatic amines is 1. The Morgan fingerprint density at radius 1 is 1.00 bits per heavy atom. The van der Waals surface area contributed by atoms with Crippen molar-refractivity contribution in [3.05, 3.63) is 66.4 Å². The van der Waals surface area contributed by atoms with Crippen molar-refractivity contribution in [3.63, 3.8) is 0 Å². The number of ether oxygens (including phenoxy) is 1. The molecule has 0 aliphatic carbocycles. The van der Waals surface area contributed by atoms with Gasteiger partial charge in [-0.15, -0.1) is 0 Å². The number of benzene rings is 2. The molecule has 0 bridgehead atoms. The second kappa shape index (κ2) is 8.82. The van der Waals surface area contributed by atoms with E-state index < -0.39 is 5.97 Å². The summed E-state index contributed by atoms with van der Waals surface area (Å²) in [6, 6.07) is 16.7. The smallest absolute Gasteiger partial charge is 0.340 e. The minimum Gasteiger partial charge on any atom is -0.452 e. The summed E-state index contributed by atoms with van der Waals surface area (Å²) in [6.07, 6.45) is 2.76. The molecule has 1 aliphatic heterocycles. The highest BCUT2D eigenvalue weighted by Gasteiger charge is 2.28. The van der Waals surface area contributed by atoms with E-state index in [1.165, 1.54) is 0 Å². The highest BCUT2D eigenvalue weighted by atomic mass is 16.5. The maximum atomic E-state index is 12.4. The Morgan fingerprint density at radius 3 is 2.47 bits per heavy atom. The van der Waals surface area contributed by atoms with E-state index in [0.29, 0.717) is 31.5 Å². The first-order valence-electron chi connectivity index (χ1n) is 9.99. The van der Waals surface area contributed by atoms with Crippen molar-refractivity contribution in [2.45, 2.75) is 12.8 Å². The maximum absolute atomic E-state index is 12.4. The van der Waals surface area contributed by atoms with Crippen LogP contribution < -0.4 is 5.32 Å². The van der Waals surface area contributed by atoms with Gasteiger partial charge in [0.25, 0.3) is 5.91 Å². The number of para-hydroxylation sites is 2. The fourth-order valence-corrected chi connectivity index (χ4v) is 3.69. The van der Waals surface area contributed by atoms with Gasteiger partial charge in [0.15, 0.2) is 6.61 Å². The average molecular weight is 405 g/mol. The van der Waals surface area contributed by atoms with Crippen LogP contribution in [0.25, 0.3) is 10.9 Å². The summed E-state index contributed by atoms with van der Waals surface area (Å²) in [5.74, 6) is -0.940. The Kier molecular flexibility index (Phi) is 5.79. The lowest BCUT2D eigenvalue weighted by molar-refractivity contribution is -0.137. The van der Waals surface area contributed by atoms with Gasteiger partial charge >= 0.3 is 5.97 Å². The molecule has 2 amide bonds. The minimum atomic E-state index is -0.530. The third-order valence-corrected chi connectivity index (χ3v) is 5.40. The largest absolute Gasteiger partial charge is 0.452 e. The molecule has 1 saturated heterocycles. The van der Waals surface area contributed by atoms with Gasteiger partial charge in [-0.2, -0.15) is 0 Å². The zero-order chi connectivity index (χ0) is 20.9. The van der Waals surface area contributed by atoms with Crippen LogP contribution in [0.3, 0.4) is 0 Å². The number of amides is 2. The third kappa shape index (κ3) is 4.35. The molecule has 2 aromatic carbocycles. The molecule has 2 heterocycles. The molecule has 30 heavy (non-hydrogen) atoms. The standard InChI is InChI=1S/C23H23N3O4/c27-21(15-30-23(29)19-14-24-20-9-5-4-8-18(19)20)26-12-10-16(11-13-26)22(28)25-17-6-2-1-3-7-17/h1-9,14,16,24H,10-13,15H2,(H,25,28). The molecule has 1 aliphatic rings. The quantitative estimate of drug-likeness (QED) is 0.638. The Hall–Kier alpha value is -3.61. The maximum Gasteiger partial charge on any atom is 0.340 e. The van der Waals surface area contributed by atoms with Crippen LogP contribution in [-0.4, -0.2) is 47.4 Å². The van der Waals surface area contributed by atoms with E-state index in [1.807, 2.05) is 54.6 Å². The van der Waals surface area contributed by atoms with Crippen LogP contribution in [-0.2, 0) is 14.3 Å². The van der Waals surface area contributed by atoms with Crippen molar-refractivity contribution >= 4 is 34.4 Å². The lowest BCUT2D eigenvalue weighted by Crippen LogP contribution is -2.43. The van der Waals surface area contributed by atoms with Crippen LogP contribution >= 0.6 is 0 Å². The Balaban J connectivity index is 1.25. The number of piperidine rings is 1. The number of nitrogens with zero attached hydrogens (tertiary/aromatic N) is 1. The molecular formula is C23H23N3O4. The molecule has 0 atom stereocenters. The highest BCUT2D eigenvalue weighted by Crippen LogP contribution is 2.21. The van der Waals surface area contributed by atoms with Crippen LogP contribution in [0.2, 0.25) is 0 Å². The molecule has 7 heteroatoms. The first-order valence-corrected chi connectivity index (χ1v) is 9.99. The van der Waals surface area contributed by atoms with Crippen molar-refractivity contribution < 1.29 is 19.1 Å². The SMILES string of the molecule is O=C(OCC(=O)N1CCC(C(=O)Nc2ccccc2)CC1)c1c[nH]c2ccccc12. The normalized spacial score (nSPS) is 14.5. The molecule has 1 aromatic heterocycles. The fraction of sp³-hybridized carbons (Fsp3) is 0.261. The number of hydrogen-bond acceptors (Lipinski definition) is 4. The Bertz CT molecular complexity index is 1050. The fourth-order valence-electron chi connectivity index (χ4n) is 3.69. The summed E-state index contributed by atoms with van der Waals surface area (Å²) in [7, 11) is 0. The van der Waals surface area contributed by atoms with Crippen molar-refractivity contribution in [3.8, 4) is 0 Å². The minimum absolute atomic E-state index is 0.0286. The van der Waals surface area contributed by atoms with E-state index in [2.05, 4.69) is 10.3 Å². The van der Waals surface area contributed by atoms with Crippen LogP contribution in [0.15, 0.2) is 60.8 Å². The number of aromatic nitrogens is 1. The van der Waals surface area contributed by atoms with Gasteiger partial charge in [-0.05, 0) is 31.0 Å². The molecule has 7 nitrogen and oxygen atoms in total. The van der Waals surface area contributed by atoms with E-state index >= 15 is 0 Å². The number of likely N-dealkylation sites (tertiary alicyclic amines) is 1. The predicted octanol–water partition coefficient (Wildman–Crippen LogP) is 3.20. The second-order valence-corrected chi connectivity index (χ2v) is 7.33. The van der Waals surface area contributed by atoms with Gasteiger partial charge in [0.05, 0.1) is 5.56 Å². The summed E-state index contributed by atoms with van der Waals surface area (Å²) in [5.41, 5.74) is 2.02. The average Bonchev–Trinajstić information content (AvgIpc) is 3.22. The van der Waals surface area contributed by atoms with Crippen LogP contribution in [0.1, 0.15) is 23.2 Å². The van der Waals surface area contributed by atoms with Crippen LogP contribution in [0.5, 0.6) is 0 Å². The third-order valence-electron chi connectivity index (χ3n) is 5.40. The van der Waals surface area contributed by atoms with Gasteiger partial charge in [-0.3, -0.25) is 9.59 Å². The number of carbonyl (C=O) groups is 3. The first-order chi connectivity index (χ1) is 14.6. The molecule has 0 unspecified atom stereocenters. The molecule has 154 valence electrons. The summed E-state index contributed by atoms with van der Waals surface area (Å²) < 4.78 is 5.23. The van der Waals surface area contributed by atoms with Gasteiger partial charge in [0.1, 0.15) is 0 Å². The van der Waals surface area contributed by atoms with Gasteiger partial charge in [0.2, 0.25) is 5.91 Å². The first kappa shape index (κ1) is 19.7. The molecule has 0 radical (unpaired) electrons. The molecule has 2 N–H and O–H groups in total.